The predicted molar refractivity (Wildman–Crippen MR) is 276 cm³/mol. The third-order valence-corrected chi connectivity index (χ3v) is 16.0. The summed E-state index contributed by atoms with van der Waals surface area (Å²) in [5.74, 6) is 0. The lowest BCUT2D eigenvalue weighted by molar-refractivity contribution is 1.14. The summed E-state index contributed by atoms with van der Waals surface area (Å²) in [6.07, 6.45) is 9.95. The Morgan fingerprint density at radius 2 is 1.14 bits per heavy atom. The van der Waals surface area contributed by atoms with Crippen molar-refractivity contribution in [3.63, 3.8) is 0 Å². The molecule has 312 valence electrons. The first kappa shape index (κ1) is 41.6. The Morgan fingerprint density at radius 1 is 0.578 bits per heavy atom. The first-order valence-corrected chi connectivity index (χ1v) is 30.5. The van der Waals surface area contributed by atoms with E-state index in [2.05, 4.69) is 135 Å². The van der Waals surface area contributed by atoms with E-state index in [1.807, 2.05) is 48.6 Å². The van der Waals surface area contributed by atoms with Gasteiger partial charge >= 0.3 is 0 Å². The molecule has 0 saturated carbocycles. The van der Waals surface area contributed by atoms with E-state index in [4.69, 9.17) is 28.6 Å². The number of nitrogens with one attached hydrogen (secondary N) is 2. The number of aromatic nitrogens is 2. The van der Waals surface area contributed by atoms with Crippen LogP contribution in [-0.2, 0) is 0 Å². The molecule has 0 amide bonds. The van der Waals surface area contributed by atoms with Gasteiger partial charge in [0.2, 0.25) is 0 Å². The number of hydrogen-bond acceptors (Lipinski definition) is 11. The second kappa shape index (κ2) is 16.6. The van der Waals surface area contributed by atoms with Gasteiger partial charge < -0.3 is 14.2 Å². The Labute approximate surface area is 384 Å². The van der Waals surface area contributed by atoms with Crippen LogP contribution in [0.5, 0.6) is 0 Å². The summed E-state index contributed by atoms with van der Waals surface area (Å²) in [7, 11) is -4.76. The fourth-order valence-corrected chi connectivity index (χ4v) is 13.0. The number of thiazole rings is 2. The lowest BCUT2D eigenvalue weighted by Gasteiger charge is -2.34. The Kier molecular flexibility index (Phi) is 10.8. The van der Waals surface area contributed by atoms with E-state index in [1.165, 1.54) is 4.70 Å². The Bertz CT molecular complexity index is 3340. The first-order chi connectivity index (χ1) is 30.9. The van der Waals surface area contributed by atoms with Crippen LogP contribution < -0.4 is 15.6 Å². The molecule has 2 radical (unpaired) electrons. The van der Waals surface area contributed by atoms with Crippen molar-refractivity contribution >= 4 is 104 Å². The third-order valence-electron chi connectivity index (χ3n) is 11.0. The van der Waals surface area contributed by atoms with E-state index in [1.54, 1.807) is 22.7 Å². The fraction of sp³-hybridized carbons (Fsp3) is 0.120. The quantitative estimate of drug-likeness (QED) is 0.111. The molecular weight excluding hydrogens is 875 g/mol. The van der Waals surface area contributed by atoms with Gasteiger partial charge in [0.25, 0.3) is 8.40 Å². The molecule has 2 N–H and O–H groups in total. The van der Waals surface area contributed by atoms with Crippen LogP contribution in [0.4, 0.5) is 5.69 Å². The van der Waals surface area contributed by atoms with Gasteiger partial charge in [-0.25, -0.2) is 9.97 Å². The van der Waals surface area contributed by atoms with Crippen LogP contribution in [-0.4, -0.2) is 59.1 Å². The topological polar surface area (TPSA) is 126 Å². The van der Waals surface area contributed by atoms with Gasteiger partial charge in [0, 0.05) is 22.3 Å². The molecular formula is C50H43N9S2Si3. The molecule has 10 rings (SSSR count). The highest BCUT2D eigenvalue weighted by molar-refractivity contribution is 7.22. The molecule has 14 heteroatoms. The molecule has 9 nitrogen and oxygen atoms in total. The first-order valence-electron chi connectivity index (χ1n) is 21.0. The highest BCUT2D eigenvalue weighted by atomic mass is 32.1. The minimum Gasteiger partial charge on any atom is -0.321 e. The van der Waals surface area contributed by atoms with E-state index in [0.29, 0.717) is 34.2 Å². The van der Waals surface area contributed by atoms with Gasteiger partial charge in [0.05, 0.1) is 65.4 Å². The zero-order valence-corrected chi connectivity index (χ0v) is 40.9. The molecule has 0 spiro atoms. The molecule has 64 heavy (non-hydrogen) atoms. The maximum Gasteiger partial charge on any atom is 0.298 e. The van der Waals surface area contributed by atoms with Crippen molar-refractivity contribution in [2.45, 2.75) is 39.3 Å². The summed E-state index contributed by atoms with van der Waals surface area (Å²) in [5, 5.41) is 23.1. The van der Waals surface area contributed by atoms with Gasteiger partial charge in [-0.1, -0.05) is 111 Å². The molecule has 0 fully saturated rings. The van der Waals surface area contributed by atoms with Crippen molar-refractivity contribution in [1.82, 2.24) is 9.97 Å². The average molecular weight is 918 g/mol. The van der Waals surface area contributed by atoms with Gasteiger partial charge in [0.1, 0.15) is 15.7 Å². The van der Waals surface area contributed by atoms with E-state index in [9.17, 15) is 10.8 Å². The molecule has 3 aliphatic rings. The number of hydrogen-bond donors (Lipinski definition) is 2. The van der Waals surface area contributed by atoms with Crippen molar-refractivity contribution in [3.05, 3.63) is 167 Å². The Hall–Kier alpha value is -6.43. The molecule has 0 unspecified atom stereocenters. The zero-order chi connectivity index (χ0) is 44.3. The monoisotopic (exact) mass is 917 g/mol. The molecule has 1 aliphatic heterocycles. The maximum atomic E-state index is 9.87. The number of benzene rings is 5. The lowest BCUT2D eigenvalue weighted by Crippen LogP contribution is -2.42. The van der Waals surface area contributed by atoms with Gasteiger partial charge in [-0.05, 0) is 78.9 Å². The molecule has 0 atom stereocenters. The Balaban J connectivity index is 1.10. The number of allylic oxidation sites excluding steroid dienone is 8. The predicted octanol–water partition coefficient (Wildman–Crippen LogP) is 11.5. The molecule has 0 saturated heterocycles. The van der Waals surface area contributed by atoms with Crippen molar-refractivity contribution in [3.8, 4) is 32.3 Å². The molecule has 3 heterocycles. The van der Waals surface area contributed by atoms with Crippen LogP contribution >= 0.6 is 22.7 Å². The number of nitrogens with zero attached hydrogens (tertiary/aromatic N) is 7. The van der Waals surface area contributed by atoms with E-state index in [-0.39, 0.29) is 0 Å². The summed E-state index contributed by atoms with van der Waals surface area (Å²) in [5.41, 5.74) is 11.9. The summed E-state index contributed by atoms with van der Waals surface area (Å²) >= 11 is 3.38. The largest absolute Gasteiger partial charge is 0.321 e. The van der Waals surface area contributed by atoms with Crippen LogP contribution in [0.15, 0.2) is 170 Å². The highest BCUT2D eigenvalue weighted by Gasteiger charge is 2.34. The molecule has 5 aromatic carbocycles. The number of fused-ring (bicyclic) bond motifs is 3. The van der Waals surface area contributed by atoms with E-state index < -0.39 is 26.3 Å². The van der Waals surface area contributed by atoms with Crippen LogP contribution in [0.2, 0.25) is 39.3 Å². The number of para-hydroxylation sites is 2. The summed E-state index contributed by atoms with van der Waals surface area (Å²) in [6, 6.07) is 37.6. The summed E-state index contributed by atoms with van der Waals surface area (Å²) in [6.45, 7) is 12.8. The lowest BCUT2D eigenvalue weighted by atomic mass is 9.90. The highest BCUT2D eigenvalue weighted by Crippen LogP contribution is 2.36. The maximum absolute atomic E-state index is 9.87. The van der Waals surface area contributed by atoms with Gasteiger partial charge in [0.15, 0.2) is 17.9 Å². The number of rotatable bonds is 9. The molecule has 0 bridgehead atoms. The standard InChI is InChI=1S/C50H43N9S2Si3/c1-62(2)55-38-14-11-15-39(45(38)52)59(40-28-26-34(44(51)47(40)56-63(3)4)30-18-22-32(23-19-30)49-53-36-12-7-9-16-42(36)60-49)41-29-27-35(46-48(41)58-64(5,6)57-46)31-20-24-33(25-21-31)50-54-37-13-8-10-17-43(37)61-50/h7-29,51-52H,1-6H3/b51-44?,52-45?,55-38-,56-47-. The zero-order valence-electron chi connectivity index (χ0n) is 36.2. The minimum absolute atomic E-state index is 0.314. The van der Waals surface area contributed by atoms with Gasteiger partial charge in [-0.3, -0.25) is 20.1 Å². The van der Waals surface area contributed by atoms with E-state index in [0.717, 1.165) is 75.5 Å². The third kappa shape index (κ3) is 7.81. The summed E-state index contributed by atoms with van der Waals surface area (Å²) < 4.78 is 23.4. The van der Waals surface area contributed by atoms with Crippen molar-refractivity contribution in [1.29, 1.82) is 10.8 Å². The van der Waals surface area contributed by atoms with E-state index >= 15 is 0 Å². The van der Waals surface area contributed by atoms with Crippen molar-refractivity contribution in [2.24, 2.45) is 18.6 Å². The molecule has 2 aromatic heterocycles. The SMILES string of the molecule is C[Si](C)/N=C1/C=CC=C(N(C2=CC=C(c3ccc(-c4nc5ccccc5s4)cc3)C(=N)/C2=N\[Si](C)C)c2ccc(-c3ccc(-c4nc5ccccc5s4)cc3)c3c2=N[Si](C)(C)N=3)C1=N. The molecule has 7 aromatic rings. The fourth-order valence-electron chi connectivity index (χ4n) is 8.13. The van der Waals surface area contributed by atoms with Gasteiger partial charge in [-0.2, -0.15) is 0 Å². The molecule has 2 aliphatic carbocycles. The summed E-state index contributed by atoms with van der Waals surface area (Å²) in [4.78, 5) is 11.9. The second-order valence-electron chi connectivity index (χ2n) is 16.7. The van der Waals surface area contributed by atoms with Crippen molar-refractivity contribution < 1.29 is 0 Å². The average Bonchev–Trinajstić information content (AvgIpc) is 4.01. The van der Waals surface area contributed by atoms with Gasteiger partial charge in [-0.15, -0.1) is 22.7 Å². The van der Waals surface area contributed by atoms with Crippen LogP contribution in [0.25, 0.3) is 58.3 Å². The second-order valence-corrected chi connectivity index (χ2v) is 26.4. The van der Waals surface area contributed by atoms with Crippen LogP contribution in [0.1, 0.15) is 5.56 Å². The van der Waals surface area contributed by atoms with Crippen molar-refractivity contribution in [2.75, 3.05) is 4.90 Å². The number of anilines is 1. The minimum atomic E-state index is -2.47. The smallest absolute Gasteiger partial charge is 0.298 e. The van der Waals surface area contributed by atoms with Crippen LogP contribution in [0.3, 0.4) is 0 Å². The Morgan fingerprint density at radius 3 is 1.73 bits per heavy atom. The normalized spacial score (nSPS) is 17.0. The van der Waals surface area contributed by atoms with Crippen LogP contribution in [0, 0.1) is 10.8 Å².